The predicted molar refractivity (Wildman–Crippen MR) is 295 cm³/mol. The Kier molecular flexibility index (Phi) is 48.8. The van der Waals surface area contributed by atoms with Crippen LogP contribution in [0.1, 0.15) is 258 Å². The summed E-state index contributed by atoms with van der Waals surface area (Å²) in [5, 5.41) is 13.9. The first-order valence-corrected chi connectivity index (χ1v) is 30.2. The molecule has 0 aromatic carbocycles. The second-order valence-corrected chi connectivity index (χ2v) is 22.1. The zero-order chi connectivity index (χ0) is 49.9. The van der Waals surface area contributed by atoms with Gasteiger partial charge in [0.05, 0.1) is 39.9 Å². The van der Waals surface area contributed by atoms with Gasteiger partial charge in [-0.2, -0.15) is 0 Å². The number of unbranched alkanes of at least 4 members (excludes halogenated alkanes) is 31. The number of carbonyl (C=O) groups is 1. The second-order valence-electron chi connectivity index (χ2n) is 20.6. The van der Waals surface area contributed by atoms with Crippen LogP contribution in [0, 0.1) is 0 Å². The summed E-state index contributed by atoms with van der Waals surface area (Å²) >= 11 is 0. The third-order valence-electron chi connectivity index (χ3n) is 12.7. The van der Waals surface area contributed by atoms with E-state index in [-0.39, 0.29) is 19.1 Å². The van der Waals surface area contributed by atoms with Crippen molar-refractivity contribution >= 4 is 13.7 Å². The third kappa shape index (κ3) is 52.0. The van der Waals surface area contributed by atoms with Crippen LogP contribution in [-0.4, -0.2) is 73.4 Å². The Morgan fingerprint density at radius 2 is 0.853 bits per heavy atom. The lowest BCUT2D eigenvalue weighted by Crippen LogP contribution is -2.45. The summed E-state index contributed by atoms with van der Waals surface area (Å²) in [4.78, 5) is 23.2. The number of hydrogen-bond acceptors (Lipinski definition) is 5. The molecule has 1 amide bonds. The first-order chi connectivity index (χ1) is 33.0. The summed E-state index contributed by atoms with van der Waals surface area (Å²) in [5.74, 6) is -0.205. The molecular formula is C59H112N2O6P+. The number of allylic oxidation sites excluding steroid dienone is 9. The summed E-state index contributed by atoms with van der Waals surface area (Å²) in [6, 6.07) is -0.880. The number of aliphatic hydroxyl groups is 1. The molecule has 3 unspecified atom stereocenters. The summed E-state index contributed by atoms with van der Waals surface area (Å²) < 4.78 is 23.6. The highest BCUT2D eigenvalue weighted by atomic mass is 31.2. The molecule has 9 heteroatoms. The van der Waals surface area contributed by atoms with Gasteiger partial charge in [-0.25, -0.2) is 4.57 Å². The number of carbonyl (C=O) groups excluding carboxylic acids is 1. The van der Waals surface area contributed by atoms with Crippen molar-refractivity contribution in [3.63, 3.8) is 0 Å². The largest absolute Gasteiger partial charge is 0.472 e. The lowest BCUT2D eigenvalue weighted by Gasteiger charge is -2.25. The zero-order valence-electron chi connectivity index (χ0n) is 45.3. The molecular weight excluding hydrogens is 864 g/mol. The van der Waals surface area contributed by atoms with Gasteiger partial charge >= 0.3 is 7.82 Å². The van der Waals surface area contributed by atoms with E-state index in [1.54, 1.807) is 6.08 Å². The van der Waals surface area contributed by atoms with Gasteiger partial charge in [-0.3, -0.25) is 13.8 Å². The molecule has 68 heavy (non-hydrogen) atoms. The number of rotatable bonds is 52. The molecule has 0 bridgehead atoms. The number of amides is 1. The molecule has 0 aliphatic carbocycles. The average Bonchev–Trinajstić information content (AvgIpc) is 3.30. The van der Waals surface area contributed by atoms with E-state index >= 15 is 0 Å². The SMILES string of the molecule is CCCCCC/C=C\C/C=C\CCCCCCCC(=O)NC(COP(=O)(O)OCC[N+](C)(C)C)C(O)/C=C/CC/C=C/CC/C=C/CCCCCCCCCCCCCCCCCCCCCC. The predicted octanol–water partition coefficient (Wildman–Crippen LogP) is 17.3. The van der Waals surface area contributed by atoms with Crippen LogP contribution in [0.25, 0.3) is 0 Å². The molecule has 0 aromatic heterocycles. The second kappa shape index (κ2) is 50.2. The Balaban J connectivity index is 4.25. The molecule has 0 aliphatic heterocycles. The average molecular weight is 977 g/mol. The van der Waals surface area contributed by atoms with Crippen LogP contribution in [-0.2, 0) is 18.4 Å². The third-order valence-corrected chi connectivity index (χ3v) is 13.7. The minimum atomic E-state index is -4.36. The van der Waals surface area contributed by atoms with Crippen LogP contribution in [0.4, 0.5) is 0 Å². The van der Waals surface area contributed by atoms with Crippen LogP contribution < -0.4 is 5.32 Å². The smallest absolute Gasteiger partial charge is 0.387 e. The fraction of sp³-hybridized carbons (Fsp3) is 0.814. The lowest BCUT2D eigenvalue weighted by atomic mass is 10.0. The maximum absolute atomic E-state index is 12.9. The van der Waals surface area contributed by atoms with E-state index in [0.29, 0.717) is 17.4 Å². The van der Waals surface area contributed by atoms with Crippen molar-refractivity contribution < 1.29 is 32.9 Å². The van der Waals surface area contributed by atoms with Crippen molar-refractivity contribution in [3.8, 4) is 0 Å². The molecule has 0 saturated heterocycles. The van der Waals surface area contributed by atoms with Crippen LogP contribution >= 0.6 is 7.82 Å². The minimum Gasteiger partial charge on any atom is -0.387 e. The number of aliphatic hydroxyl groups excluding tert-OH is 1. The first kappa shape index (κ1) is 66.2. The number of quaternary nitrogens is 1. The van der Waals surface area contributed by atoms with E-state index in [1.165, 1.54) is 167 Å². The number of nitrogens with zero attached hydrogens (tertiary/aromatic N) is 1. The van der Waals surface area contributed by atoms with Gasteiger partial charge in [0.1, 0.15) is 13.2 Å². The lowest BCUT2D eigenvalue weighted by molar-refractivity contribution is -0.870. The van der Waals surface area contributed by atoms with Crippen LogP contribution in [0.5, 0.6) is 0 Å². The number of likely N-dealkylation sites (N-methyl/N-ethyl adjacent to an activating group) is 1. The highest BCUT2D eigenvalue weighted by Crippen LogP contribution is 2.43. The van der Waals surface area contributed by atoms with Gasteiger partial charge in [0.15, 0.2) is 0 Å². The van der Waals surface area contributed by atoms with Crippen LogP contribution in [0.3, 0.4) is 0 Å². The quantitative estimate of drug-likeness (QED) is 0.0243. The Hall–Kier alpha value is -1.80. The normalized spacial score (nSPS) is 14.4. The van der Waals surface area contributed by atoms with Gasteiger partial charge in [0.2, 0.25) is 5.91 Å². The highest BCUT2D eigenvalue weighted by Gasteiger charge is 2.27. The van der Waals surface area contributed by atoms with Gasteiger partial charge in [0, 0.05) is 6.42 Å². The maximum atomic E-state index is 12.9. The van der Waals surface area contributed by atoms with Gasteiger partial charge < -0.3 is 19.8 Å². The molecule has 0 rings (SSSR count). The van der Waals surface area contributed by atoms with Crippen molar-refractivity contribution in [3.05, 3.63) is 60.8 Å². The molecule has 0 saturated carbocycles. The van der Waals surface area contributed by atoms with Crippen molar-refractivity contribution in [1.82, 2.24) is 5.32 Å². The first-order valence-electron chi connectivity index (χ1n) is 28.7. The monoisotopic (exact) mass is 976 g/mol. The fourth-order valence-corrected chi connectivity index (χ4v) is 8.90. The molecule has 398 valence electrons. The number of nitrogens with one attached hydrogen (secondary N) is 1. The molecule has 0 fully saturated rings. The van der Waals surface area contributed by atoms with Crippen molar-refractivity contribution in [1.29, 1.82) is 0 Å². The van der Waals surface area contributed by atoms with Gasteiger partial charge in [0.25, 0.3) is 0 Å². The molecule has 3 atom stereocenters. The molecule has 0 heterocycles. The molecule has 0 aliphatic rings. The van der Waals surface area contributed by atoms with E-state index < -0.39 is 20.0 Å². The molecule has 3 N–H and O–H groups in total. The van der Waals surface area contributed by atoms with Gasteiger partial charge in [-0.15, -0.1) is 0 Å². The van der Waals surface area contributed by atoms with Crippen molar-refractivity contribution in [2.24, 2.45) is 0 Å². The van der Waals surface area contributed by atoms with Crippen LogP contribution in [0.15, 0.2) is 60.8 Å². The Labute approximate surface area is 422 Å². The topological polar surface area (TPSA) is 105 Å². The number of hydrogen-bond donors (Lipinski definition) is 3. The Morgan fingerprint density at radius 1 is 0.500 bits per heavy atom. The van der Waals surface area contributed by atoms with Crippen molar-refractivity contribution in [2.75, 3.05) is 40.9 Å². The number of phosphoric ester groups is 1. The maximum Gasteiger partial charge on any atom is 0.472 e. The summed E-state index contributed by atoms with van der Waals surface area (Å²) in [5.41, 5.74) is 0. The molecule has 0 radical (unpaired) electrons. The van der Waals surface area contributed by atoms with E-state index in [1.807, 2.05) is 27.2 Å². The standard InChI is InChI=1S/C59H111N2O6P/c1-6-8-10-12-14-16-18-20-22-24-25-26-27-28-29-30-31-32-33-34-35-36-37-38-40-42-44-46-48-50-52-58(62)57(56-67-68(64,65)66-55-54-61(3,4)5)60-59(63)53-51-49-47-45-43-41-39-23-21-19-17-15-13-11-9-7-2/h17,19,23,36-37,39,42,44,50,52,57-58,62H,6-16,18,20-22,24-35,38,40-41,43,45-49,51,53-56H2,1-5H3,(H-,60,63,64,65)/p+1/b19-17-,37-36+,39-23-,44-42+,52-50+. The Morgan fingerprint density at radius 3 is 1.28 bits per heavy atom. The highest BCUT2D eigenvalue weighted by molar-refractivity contribution is 7.47. The number of phosphoric acid groups is 1. The summed E-state index contributed by atoms with van der Waals surface area (Å²) in [6.45, 7) is 4.77. The fourth-order valence-electron chi connectivity index (χ4n) is 8.16. The van der Waals surface area contributed by atoms with E-state index in [0.717, 1.165) is 70.6 Å². The summed E-state index contributed by atoms with van der Waals surface area (Å²) in [6.07, 6.45) is 67.7. The zero-order valence-corrected chi connectivity index (χ0v) is 46.2. The van der Waals surface area contributed by atoms with E-state index in [9.17, 15) is 19.4 Å². The molecule has 0 aromatic rings. The minimum absolute atomic E-state index is 0.0487. The van der Waals surface area contributed by atoms with Crippen molar-refractivity contribution in [2.45, 2.75) is 270 Å². The van der Waals surface area contributed by atoms with E-state index in [4.69, 9.17) is 9.05 Å². The van der Waals surface area contributed by atoms with Gasteiger partial charge in [-0.1, -0.05) is 235 Å². The van der Waals surface area contributed by atoms with E-state index in [2.05, 4.69) is 67.8 Å². The van der Waals surface area contributed by atoms with Crippen LogP contribution in [0.2, 0.25) is 0 Å². The summed E-state index contributed by atoms with van der Waals surface area (Å²) in [7, 11) is 1.53. The van der Waals surface area contributed by atoms with Gasteiger partial charge in [-0.05, 0) is 77.0 Å². The molecule has 8 nitrogen and oxygen atoms in total. The molecule has 0 spiro atoms. The Bertz CT molecular complexity index is 1290.